The van der Waals surface area contributed by atoms with Crippen molar-refractivity contribution in [2.24, 2.45) is 0 Å². The number of nitrogens with one attached hydrogen (secondary N) is 1. The van der Waals surface area contributed by atoms with Crippen molar-refractivity contribution in [3.05, 3.63) is 72.5 Å². The molecule has 0 fully saturated rings. The molecule has 3 aromatic heterocycles. The fourth-order valence-electron chi connectivity index (χ4n) is 3.87. The van der Waals surface area contributed by atoms with E-state index in [1.807, 2.05) is 6.92 Å². The number of aryl methyl sites for hydroxylation is 2. The zero-order chi connectivity index (χ0) is 26.9. The summed E-state index contributed by atoms with van der Waals surface area (Å²) in [5, 5.41) is 3.49. The first-order valence-corrected chi connectivity index (χ1v) is 11.7. The number of nitrogens with zero attached hydrogens (tertiary/aromatic N) is 5. The van der Waals surface area contributed by atoms with E-state index in [0.717, 1.165) is 17.4 Å². The summed E-state index contributed by atoms with van der Waals surface area (Å²) in [5.74, 6) is -10.7. The number of aromatic amines is 1. The summed E-state index contributed by atoms with van der Waals surface area (Å²) in [6.07, 6.45) is 1.94. The van der Waals surface area contributed by atoms with Gasteiger partial charge in [-0.05, 0) is 24.4 Å². The highest BCUT2D eigenvalue weighted by molar-refractivity contribution is 6.28. The van der Waals surface area contributed by atoms with Crippen LogP contribution in [0.3, 0.4) is 0 Å². The van der Waals surface area contributed by atoms with Crippen molar-refractivity contribution in [2.75, 3.05) is 0 Å². The lowest BCUT2D eigenvalue weighted by atomic mass is 10.1. The quantitative estimate of drug-likeness (QED) is 0.106. The van der Waals surface area contributed by atoms with Crippen LogP contribution >= 0.6 is 11.6 Å². The summed E-state index contributed by atoms with van der Waals surface area (Å²) in [7, 11) is 0. The van der Waals surface area contributed by atoms with Crippen molar-refractivity contribution < 1.29 is 26.5 Å². The number of hydrogen-bond acceptors (Lipinski definition) is 6. The molecule has 0 saturated carbocycles. The minimum atomic E-state index is -2.26. The monoisotopic (exact) mass is 546 g/mol. The molecule has 1 N–H and O–H groups in total. The molecule has 0 unspecified atom stereocenters. The molecule has 0 radical (unpaired) electrons. The van der Waals surface area contributed by atoms with Gasteiger partial charge in [-0.15, -0.1) is 0 Å². The van der Waals surface area contributed by atoms with Gasteiger partial charge in [0.25, 0.3) is 5.56 Å². The fourth-order valence-corrected chi connectivity index (χ4v) is 4.05. The van der Waals surface area contributed by atoms with Gasteiger partial charge in [0.05, 0.1) is 0 Å². The van der Waals surface area contributed by atoms with Gasteiger partial charge in [0.15, 0.2) is 40.3 Å². The van der Waals surface area contributed by atoms with Gasteiger partial charge in [-0.25, -0.2) is 26.7 Å². The lowest BCUT2D eigenvalue weighted by Crippen LogP contribution is -2.40. The van der Waals surface area contributed by atoms with Gasteiger partial charge in [-0.1, -0.05) is 24.9 Å². The highest BCUT2D eigenvalue weighted by Gasteiger charge is 2.27. The Balaban J connectivity index is 1.50. The van der Waals surface area contributed by atoms with Crippen LogP contribution in [0.2, 0.25) is 5.28 Å². The Morgan fingerprint density at radius 2 is 1.54 bits per heavy atom. The summed E-state index contributed by atoms with van der Waals surface area (Å²) in [6, 6.07) is 0. The van der Waals surface area contributed by atoms with Gasteiger partial charge in [0, 0.05) is 31.5 Å². The van der Waals surface area contributed by atoms with Crippen LogP contribution in [0.5, 0.6) is 0 Å². The predicted octanol–water partition coefficient (Wildman–Crippen LogP) is 4.03. The van der Waals surface area contributed by atoms with E-state index in [9.17, 15) is 31.5 Å². The maximum Gasteiger partial charge on any atom is 0.332 e. The molecule has 0 bridgehead atoms. The number of benzene rings is 1. The number of halogens is 6. The van der Waals surface area contributed by atoms with Gasteiger partial charge in [0.1, 0.15) is 0 Å². The first kappa shape index (κ1) is 26.5. The summed E-state index contributed by atoms with van der Waals surface area (Å²) in [6.45, 7) is 2.32. The van der Waals surface area contributed by atoms with E-state index in [4.69, 9.17) is 16.1 Å². The van der Waals surface area contributed by atoms with E-state index < -0.39 is 52.3 Å². The van der Waals surface area contributed by atoms with Crippen LogP contribution in [0.15, 0.2) is 14.1 Å². The van der Waals surface area contributed by atoms with Crippen molar-refractivity contribution in [2.45, 2.75) is 58.5 Å². The van der Waals surface area contributed by atoms with Crippen molar-refractivity contribution in [1.29, 1.82) is 0 Å². The highest BCUT2D eigenvalue weighted by atomic mass is 35.5. The molecule has 0 aliphatic rings. The van der Waals surface area contributed by atoms with E-state index in [1.54, 1.807) is 0 Å². The summed E-state index contributed by atoms with van der Waals surface area (Å²) < 4.78 is 75.3. The van der Waals surface area contributed by atoms with Crippen LogP contribution in [0.25, 0.3) is 11.2 Å². The Morgan fingerprint density at radius 3 is 2.22 bits per heavy atom. The van der Waals surface area contributed by atoms with Gasteiger partial charge < -0.3 is 9.51 Å². The molecule has 15 heteroatoms. The van der Waals surface area contributed by atoms with Gasteiger partial charge in [0.2, 0.25) is 17.0 Å². The van der Waals surface area contributed by atoms with E-state index in [-0.39, 0.29) is 47.5 Å². The Kier molecular flexibility index (Phi) is 7.76. The molecular formula is C22H20ClF5N6O3. The number of rotatable bonds is 10. The number of unbranched alkanes of at least 4 members (excludes halogenated alkanes) is 2. The molecule has 0 spiro atoms. The number of H-pyrrole nitrogens is 1. The largest absolute Gasteiger partial charge is 0.339 e. The van der Waals surface area contributed by atoms with E-state index in [0.29, 0.717) is 13.0 Å². The van der Waals surface area contributed by atoms with Crippen molar-refractivity contribution >= 4 is 22.8 Å². The molecule has 4 aromatic rings. The average molecular weight is 547 g/mol. The van der Waals surface area contributed by atoms with Crippen LogP contribution in [-0.4, -0.2) is 29.2 Å². The lowest BCUT2D eigenvalue weighted by Gasteiger charge is -2.10. The second-order valence-electron chi connectivity index (χ2n) is 8.26. The minimum absolute atomic E-state index is 0.0131. The first-order valence-electron chi connectivity index (χ1n) is 11.3. The third-order valence-corrected chi connectivity index (χ3v) is 5.91. The van der Waals surface area contributed by atoms with Crippen LogP contribution in [-0.2, 0) is 25.9 Å². The maximum absolute atomic E-state index is 13.9. The molecule has 37 heavy (non-hydrogen) atoms. The molecule has 198 valence electrons. The summed E-state index contributed by atoms with van der Waals surface area (Å²) in [4.78, 5) is 36.5. The Labute approximate surface area is 209 Å². The van der Waals surface area contributed by atoms with Crippen molar-refractivity contribution in [3.63, 3.8) is 0 Å². The molecule has 0 atom stereocenters. The maximum atomic E-state index is 13.9. The summed E-state index contributed by atoms with van der Waals surface area (Å²) >= 11 is 5.92. The topological polar surface area (TPSA) is 112 Å². The number of fused-ring (bicyclic) bond motifs is 1. The third kappa shape index (κ3) is 5.15. The smallest absolute Gasteiger partial charge is 0.332 e. The van der Waals surface area contributed by atoms with Crippen LogP contribution < -0.4 is 11.2 Å². The zero-order valence-electron chi connectivity index (χ0n) is 19.4. The van der Waals surface area contributed by atoms with Crippen molar-refractivity contribution in [3.8, 4) is 0 Å². The normalized spacial score (nSPS) is 11.6. The molecule has 0 aliphatic carbocycles. The predicted molar refractivity (Wildman–Crippen MR) is 121 cm³/mol. The van der Waals surface area contributed by atoms with Gasteiger partial charge in [-0.2, -0.15) is 9.97 Å². The molecule has 4 rings (SSSR count). The first-order chi connectivity index (χ1) is 17.6. The number of hydrogen-bond donors (Lipinski definition) is 1. The Bertz CT molecular complexity index is 1550. The molecule has 0 amide bonds. The van der Waals surface area contributed by atoms with Gasteiger partial charge in [-0.3, -0.25) is 13.9 Å². The van der Waals surface area contributed by atoms with E-state index >= 15 is 0 Å². The lowest BCUT2D eigenvalue weighted by molar-refractivity contribution is 0.362. The van der Waals surface area contributed by atoms with Crippen LogP contribution in [0.1, 0.15) is 49.9 Å². The Morgan fingerprint density at radius 1 is 0.892 bits per heavy atom. The van der Waals surface area contributed by atoms with Crippen LogP contribution in [0.4, 0.5) is 22.0 Å². The highest BCUT2D eigenvalue weighted by Crippen LogP contribution is 2.24. The second kappa shape index (κ2) is 10.8. The molecule has 9 nitrogen and oxygen atoms in total. The van der Waals surface area contributed by atoms with Gasteiger partial charge >= 0.3 is 5.69 Å². The second-order valence-corrected chi connectivity index (χ2v) is 8.62. The fraction of sp³-hybridized carbons (Fsp3) is 0.409. The summed E-state index contributed by atoms with van der Waals surface area (Å²) in [5.41, 5.74) is -2.01. The molecule has 3 heterocycles. The molecule has 1 aromatic carbocycles. The number of imidazole rings is 1. The van der Waals surface area contributed by atoms with E-state index in [2.05, 4.69) is 20.1 Å². The number of aromatic nitrogens is 6. The molecule has 0 aliphatic heterocycles. The SMILES string of the molecule is CCCCCn1c(=O)n(CCCc2nc(Cc3c(F)c(F)c(F)c(F)c3F)no2)c(=O)c2[nH]c(Cl)nc21. The Hall–Kier alpha value is -3.55. The molecule has 0 saturated heterocycles. The average Bonchev–Trinajstić information content (AvgIpc) is 3.49. The van der Waals surface area contributed by atoms with Crippen molar-refractivity contribution in [1.82, 2.24) is 29.2 Å². The minimum Gasteiger partial charge on any atom is -0.339 e. The van der Waals surface area contributed by atoms with E-state index in [1.165, 1.54) is 4.57 Å². The zero-order valence-corrected chi connectivity index (χ0v) is 20.1. The third-order valence-electron chi connectivity index (χ3n) is 5.74. The standard InChI is InChI=1S/C22H20ClF5N6O3/c1-2-3-4-7-33-19-18(30-21(23)31-19)20(35)34(22(33)36)8-5-6-12-29-11(32-37-12)9-10-13(24)15(26)17(28)16(27)14(10)25/h2-9H2,1H3,(H,30,31). The van der Waals surface area contributed by atoms with Crippen LogP contribution in [0, 0.1) is 29.1 Å². The molecular weight excluding hydrogens is 527 g/mol.